The monoisotopic (exact) mass is 552 g/mol. The molecule has 9 nitrogen and oxygen atoms in total. The van der Waals surface area contributed by atoms with Crippen molar-refractivity contribution in [3.8, 4) is 11.5 Å². The van der Waals surface area contributed by atoms with E-state index < -0.39 is 35.8 Å². The predicted molar refractivity (Wildman–Crippen MR) is 133 cm³/mol. The number of carbonyl (C=O) groups excluding carboxylic acids is 2. The van der Waals surface area contributed by atoms with Crippen molar-refractivity contribution in [1.29, 1.82) is 0 Å². The van der Waals surface area contributed by atoms with E-state index in [1.54, 1.807) is 60.7 Å². The summed E-state index contributed by atoms with van der Waals surface area (Å²) in [6.07, 6.45) is -1.14. The molecule has 0 aliphatic carbocycles. The van der Waals surface area contributed by atoms with Crippen LogP contribution >= 0.6 is 15.9 Å². The minimum atomic E-state index is -1.27. The molecule has 2 amide bonds. The molecule has 1 N–H and O–H groups in total. The number of hydroxylamine groups is 1. The Morgan fingerprint density at radius 3 is 2.22 bits per heavy atom. The smallest absolute Gasteiger partial charge is 0.339 e. The topological polar surface area (TPSA) is 106 Å². The lowest BCUT2D eigenvalue weighted by atomic mass is 9.87. The van der Waals surface area contributed by atoms with Crippen LogP contribution in [0.3, 0.4) is 0 Å². The number of nitrogens with zero attached hydrogens (tertiary/aromatic N) is 2. The zero-order chi connectivity index (χ0) is 25.6. The largest absolute Gasteiger partial charge is 0.493 e. The van der Waals surface area contributed by atoms with Gasteiger partial charge in [0.1, 0.15) is 11.5 Å². The molecule has 36 heavy (non-hydrogen) atoms. The van der Waals surface area contributed by atoms with Crippen molar-refractivity contribution in [2.45, 2.75) is 12.1 Å². The fourth-order valence-electron chi connectivity index (χ4n) is 4.78. The summed E-state index contributed by atoms with van der Waals surface area (Å²) in [6, 6.07) is 17.9. The van der Waals surface area contributed by atoms with Gasteiger partial charge in [-0.15, -0.1) is 0 Å². The van der Waals surface area contributed by atoms with Crippen molar-refractivity contribution >= 4 is 45.1 Å². The molecule has 2 fully saturated rings. The highest BCUT2D eigenvalue weighted by molar-refractivity contribution is 9.10. The summed E-state index contributed by atoms with van der Waals surface area (Å²) in [6.45, 7) is 0. The van der Waals surface area contributed by atoms with E-state index >= 15 is 0 Å². The molecule has 184 valence electrons. The molecule has 0 radical (unpaired) electrons. The second kappa shape index (κ2) is 9.29. The maximum atomic E-state index is 13.8. The van der Waals surface area contributed by atoms with E-state index in [9.17, 15) is 19.5 Å². The van der Waals surface area contributed by atoms with Gasteiger partial charge in [0.25, 0.3) is 5.91 Å². The Bertz CT molecular complexity index is 1350. The van der Waals surface area contributed by atoms with Crippen LogP contribution in [0.25, 0.3) is 0 Å². The molecule has 3 aromatic rings. The van der Waals surface area contributed by atoms with Gasteiger partial charge in [-0.05, 0) is 48.0 Å². The first kappa shape index (κ1) is 23.8. The molecule has 5 rings (SSSR count). The van der Waals surface area contributed by atoms with Gasteiger partial charge in [0.2, 0.25) is 5.91 Å². The summed E-state index contributed by atoms with van der Waals surface area (Å²) in [5, 5.41) is 11.6. The summed E-state index contributed by atoms with van der Waals surface area (Å²) < 4.78 is 11.5. The van der Waals surface area contributed by atoms with Gasteiger partial charge in [-0.1, -0.05) is 40.2 Å². The van der Waals surface area contributed by atoms with Crippen molar-refractivity contribution in [1.82, 2.24) is 0 Å². The molecular formula is C26H21BrN2O7. The standard InChI is InChI=1S/C26H21BrN2O7/c1-34-18-13-12-17(19(26(32)33)22(18)35-2)21-20-23(36-29(21)16-6-4-3-5-7-16)25(31)28(24(20)30)15-10-8-14(27)9-11-15/h3-13,20-21,23H,1-2H3,(H,32,33). The van der Waals surface area contributed by atoms with Crippen LogP contribution in [0, 0.1) is 5.92 Å². The van der Waals surface area contributed by atoms with Gasteiger partial charge in [-0.3, -0.25) is 14.4 Å². The Kier molecular flexibility index (Phi) is 6.15. The number of carbonyl (C=O) groups is 3. The van der Waals surface area contributed by atoms with Crippen LogP contribution < -0.4 is 19.4 Å². The highest BCUT2D eigenvalue weighted by atomic mass is 79.9. The molecule has 2 heterocycles. The molecule has 2 aliphatic heterocycles. The molecule has 0 aromatic heterocycles. The Balaban J connectivity index is 1.68. The maximum Gasteiger partial charge on any atom is 0.339 e. The summed E-state index contributed by atoms with van der Waals surface area (Å²) >= 11 is 3.36. The van der Waals surface area contributed by atoms with Crippen LogP contribution in [0.5, 0.6) is 11.5 Å². The van der Waals surface area contributed by atoms with Crippen LogP contribution in [-0.4, -0.2) is 43.2 Å². The zero-order valence-electron chi connectivity index (χ0n) is 19.3. The average Bonchev–Trinajstić information content (AvgIpc) is 3.39. The molecule has 2 saturated heterocycles. The van der Waals surface area contributed by atoms with Crippen molar-refractivity contribution < 1.29 is 33.8 Å². The number of aromatic carboxylic acids is 1. The third-order valence-electron chi connectivity index (χ3n) is 6.32. The fraction of sp³-hybridized carbons (Fsp3) is 0.192. The molecule has 2 aliphatic rings. The number of hydrogen-bond donors (Lipinski definition) is 1. The highest BCUT2D eigenvalue weighted by Gasteiger charge is 2.61. The first-order chi connectivity index (χ1) is 17.4. The van der Waals surface area contributed by atoms with E-state index in [0.717, 1.165) is 9.37 Å². The molecule has 10 heteroatoms. The quantitative estimate of drug-likeness (QED) is 0.453. The number of ether oxygens (including phenoxy) is 2. The molecule has 0 bridgehead atoms. The number of benzene rings is 3. The third-order valence-corrected chi connectivity index (χ3v) is 6.85. The minimum absolute atomic E-state index is 0.0144. The van der Waals surface area contributed by atoms with Gasteiger partial charge in [0, 0.05) is 4.47 Å². The van der Waals surface area contributed by atoms with Gasteiger partial charge in [0.15, 0.2) is 17.6 Å². The second-order valence-corrected chi connectivity index (χ2v) is 9.13. The predicted octanol–water partition coefficient (Wildman–Crippen LogP) is 4.22. The number of anilines is 2. The number of hydrogen-bond acceptors (Lipinski definition) is 7. The number of fused-ring (bicyclic) bond motifs is 1. The Hall–Kier alpha value is -3.89. The Morgan fingerprint density at radius 2 is 1.61 bits per heavy atom. The maximum absolute atomic E-state index is 13.8. The number of carboxylic acid groups (broad SMARTS) is 1. The molecule has 3 aromatic carbocycles. The molecule has 3 unspecified atom stereocenters. The zero-order valence-corrected chi connectivity index (χ0v) is 20.8. The van der Waals surface area contributed by atoms with E-state index in [4.69, 9.17) is 14.3 Å². The van der Waals surface area contributed by atoms with E-state index in [1.165, 1.54) is 19.3 Å². The number of imide groups is 1. The SMILES string of the molecule is COc1ccc(C2C3C(=O)N(c4ccc(Br)cc4)C(=O)C3ON2c2ccccc2)c(C(=O)O)c1OC. The third kappa shape index (κ3) is 3.69. The number of amides is 2. The highest BCUT2D eigenvalue weighted by Crippen LogP contribution is 2.50. The normalized spacial score (nSPS) is 21.0. The van der Waals surface area contributed by atoms with Crippen molar-refractivity contribution in [2.24, 2.45) is 5.92 Å². The molecule has 0 spiro atoms. The average molecular weight is 553 g/mol. The number of carboxylic acids is 1. The van der Waals surface area contributed by atoms with E-state index in [2.05, 4.69) is 15.9 Å². The van der Waals surface area contributed by atoms with Crippen LogP contribution in [0.15, 0.2) is 71.2 Å². The lowest BCUT2D eigenvalue weighted by molar-refractivity contribution is -0.126. The summed E-state index contributed by atoms with van der Waals surface area (Å²) in [4.78, 5) is 46.9. The van der Waals surface area contributed by atoms with Gasteiger partial charge in [-0.2, -0.15) is 0 Å². The molecular weight excluding hydrogens is 532 g/mol. The summed E-state index contributed by atoms with van der Waals surface area (Å²) in [5.41, 5.74) is 1.06. The van der Waals surface area contributed by atoms with Crippen molar-refractivity contribution in [3.63, 3.8) is 0 Å². The fourth-order valence-corrected chi connectivity index (χ4v) is 5.05. The van der Waals surface area contributed by atoms with E-state index in [-0.39, 0.29) is 22.6 Å². The number of methoxy groups -OCH3 is 2. The van der Waals surface area contributed by atoms with Crippen LogP contribution in [-0.2, 0) is 14.4 Å². The van der Waals surface area contributed by atoms with Gasteiger partial charge in [0.05, 0.1) is 31.6 Å². The number of halogens is 1. The number of rotatable bonds is 6. The summed E-state index contributed by atoms with van der Waals surface area (Å²) in [7, 11) is 2.75. The number of para-hydroxylation sites is 1. The van der Waals surface area contributed by atoms with Crippen LogP contribution in [0.1, 0.15) is 22.0 Å². The second-order valence-electron chi connectivity index (χ2n) is 8.22. The first-order valence-electron chi connectivity index (χ1n) is 11.0. The Labute approximate surface area is 214 Å². The van der Waals surface area contributed by atoms with Gasteiger partial charge < -0.3 is 14.6 Å². The van der Waals surface area contributed by atoms with Crippen LogP contribution in [0.2, 0.25) is 0 Å². The lowest BCUT2D eigenvalue weighted by Gasteiger charge is -2.30. The van der Waals surface area contributed by atoms with Gasteiger partial charge in [-0.25, -0.2) is 14.8 Å². The van der Waals surface area contributed by atoms with E-state index in [0.29, 0.717) is 11.4 Å². The van der Waals surface area contributed by atoms with Gasteiger partial charge >= 0.3 is 5.97 Å². The lowest BCUT2D eigenvalue weighted by Crippen LogP contribution is -2.37. The summed E-state index contributed by atoms with van der Waals surface area (Å²) in [5.74, 6) is -3.03. The van der Waals surface area contributed by atoms with Crippen molar-refractivity contribution in [3.05, 3.63) is 82.3 Å². The first-order valence-corrected chi connectivity index (χ1v) is 11.8. The van der Waals surface area contributed by atoms with E-state index in [1.807, 2.05) is 6.07 Å². The molecule has 3 atom stereocenters. The minimum Gasteiger partial charge on any atom is -0.493 e. The molecule has 0 saturated carbocycles. The van der Waals surface area contributed by atoms with Crippen molar-refractivity contribution in [2.75, 3.05) is 24.2 Å². The Morgan fingerprint density at radius 1 is 0.917 bits per heavy atom. The van der Waals surface area contributed by atoms with Crippen LogP contribution in [0.4, 0.5) is 11.4 Å².